The summed E-state index contributed by atoms with van der Waals surface area (Å²) in [7, 11) is 0. The monoisotopic (exact) mass is 299 g/mol. The van der Waals surface area contributed by atoms with Gasteiger partial charge in [-0.25, -0.2) is 4.39 Å². The lowest BCUT2D eigenvalue weighted by Gasteiger charge is -2.12. The van der Waals surface area contributed by atoms with Gasteiger partial charge in [0.2, 0.25) is 5.91 Å². The largest absolute Gasteiger partial charge is 0.389 e. The van der Waals surface area contributed by atoms with Gasteiger partial charge in [-0.2, -0.15) is 0 Å². The number of nitrogens with one attached hydrogen (secondary N) is 1. The molecule has 0 heterocycles. The van der Waals surface area contributed by atoms with Crippen LogP contribution in [0.3, 0.4) is 0 Å². The molecule has 22 heavy (non-hydrogen) atoms. The van der Waals surface area contributed by atoms with Gasteiger partial charge in [-0.3, -0.25) is 4.79 Å². The highest BCUT2D eigenvalue weighted by molar-refractivity contribution is 5.92. The molecule has 4 heteroatoms. The Hall–Kier alpha value is -2.46. The van der Waals surface area contributed by atoms with Gasteiger partial charge in [-0.05, 0) is 30.7 Å². The van der Waals surface area contributed by atoms with Gasteiger partial charge in [0.25, 0.3) is 0 Å². The predicted molar refractivity (Wildman–Crippen MR) is 85.8 cm³/mol. The molecule has 0 aliphatic carbocycles. The molecule has 0 saturated carbocycles. The topological polar surface area (TPSA) is 49.3 Å². The highest BCUT2D eigenvalue weighted by Crippen LogP contribution is 2.22. The summed E-state index contributed by atoms with van der Waals surface area (Å²) in [5.74, 6) is -0.462. The van der Waals surface area contributed by atoms with Crippen LogP contribution in [0.15, 0.2) is 54.6 Å². The molecule has 0 radical (unpaired) electrons. The van der Waals surface area contributed by atoms with Gasteiger partial charge < -0.3 is 10.4 Å². The fourth-order valence-corrected chi connectivity index (χ4v) is 2.05. The van der Waals surface area contributed by atoms with Crippen LogP contribution in [0.4, 0.5) is 10.1 Å². The maximum Gasteiger partial charge on any atom is 0.228 e. The number of aliphatic hydroxyl groups is 1. The third-order valence-electron chi connectivity index (χ3n) is 3.17. The number of benzene rings is 2. The van der Waals surface area contributed by atoms with Crippen LogP contribution < -0.4 is 5.32 Å². The van der Waals surface area contributed by atoms with Crippen molar-refractivity contribution in [3.8, 4) is 0 Å². The van der Waals surface area contributed by atoms with Crippen molar-refractivity contribution in [2.24, 2.45) is 0 Å². The summed E-state index contributed by atoms with van der Waals surface area (Å²) in [6, 6.07) is 13.2. The normalized spacial score (nSPS) is 12.3. The third-order valence-corrected chi connectivity index (χ3v) is 3.17. The molecule has 2 rings (SSSR count). The highest BCUT2D eigenvalue weighted by Gasteiger charge is 2.08. The highest BCUT2D eigenvalue weighted by atomic mass is 19.1. The number of rotatable bonds is 5. The van der Waals surface area contributed by atoms with E-state index in [-0.39, 0.29) is 18.1 Å². The van der Waals surface area contributed by atoms with Crippen LogP contribution in [-0.2, 0) is 4.79 Å². The number of aliphatic hydroxyl groups excluding tert-OH is 1. The van der Waals surface area contributed by atoms with Gasteiger partial charge in [0.1, 0.15) is 5.82 Å². The molecule has 2 aromatic carbocycles. The molecule has 2 N–H and O–H groups in total. The summed E-state index contributed by atoms with van der Waals surface area (Å²) in [6.45, 7) is 1.65. The smallest absolute Gasteiger partial charge is 0.228 e. The van der Waals surface area contributed by atoms with Gasteiger partial charge in [-0.1, -0.05) is 42.5 Å². The van der Waals surface area contributed by atoms with E-state index in [1.165, 1.54) is 12.1 Å². The van der Waals surface area contributed by atoms with Crippen molar-refractivity contribution in [3.05, 3.63) is 71.6 Å². The molecule has 0 aromatic heterocycles. The molecule has 0 spiro atoms. The third kappa shape index (κ3) is 4.53. The first kappa shape index (κ1) is 15.9. The van der Waals surface area contributed by atoms with Gasteiger partial charge >= 0.3 is 0 Å². The number of halogens is 1. The second-order valence-corrected chi connectivity index (χ2v) is 4.97. The summed E-state index contributed by atoms with van der Waals surface area (Å²) in [6.07, 6.45) is 3.03. The summed E-state index contributed by atoms with van der Waals surface area (Å²) >= 11 is 0. The number of carbonyl (C=O) groups is 1. The molecular formula is C18H18FNO2. The molecular weight excluding hydrogens is 281 g/mol. The molecule has 1 unspecified atom stereocenters. The van der Waals surface area contributed by atoms with E-state index in [1.807, 2.05) is 6.07 Å². The first-order valence-corrected chi connectivity index (χ1v) is 7.05. The molecule has 114 valence electrons. The van der Waals surface area contributed by atoms with Gasteiger partial charge in [0, 0.05) is 17.7 Å². The minimum absolute atomic E-state index is 0.175. The minimum Gasteiger partial charge on any atom is -0.389 e. The van der Waals surface area contributed by atoms with Crippen molar-refractivity contribution in [3.63, 3.8) is 0 Å². The second-order valence-electron chi connectivity index (χ2n) is 4.97. The number of hydrogen-bond acceptors (Lipinski definition) is 2. The molecule has 0 saturated heterocycles. The SMILES string of the molecule is CC(O)c1ccccc1NC(=O)C/C=C/c1ccc(F)cc1. The molecule has 0 fully saturated rings. The van der Waals surface area contributed by atoms with E-state index in [1.54, 1.807) is 49.4 Å². The standard InChI is InChI=1S/C18H18FNO2/c1-13(21)16-6-2-3-7-17(16)20-18(22)8-4-5-14-9-11-15(19)12-10-14/h2-7,9-13,21H,8H2,1H3,(H,20,22)/b5-4+. The van der Waals surface area contributed by atoms with E-state index in [2.05, 4.69) is 5.32 Å². The van der Waals surface area contributed by atoms with Crippen LogP contribution in [0.1, 0.15) is 30.6 Å². The molecule has 0 bridgehead atoms. The Balaban J connectivity index is 1.95. The predicted octanol–water partition coefficient (Wildman–Crippen LogP) is 3.92. The minimum atomic E-state index is -0.647. The van der Waals surface area contributed by atoms with Gasteiger partial charge in [0.05, 0.1) is 6.10 Å². The summed E-state index contributed by atoms with van der Waals surface area (Å²) < 4.78 is 12.8. The Bertz CT molecular complexity index is 663. The Morgan fingerprint density at radius 3 is 2.59 bits per heavy atom. The van der Waals surface area contributed by atoms with E-state index >= 15 is 0 Å². The summed E-state index contributed by atoms with van der Waals surface area (Å²) in [5.41, 5.74) is 2.12. The van der Waals surface area contributed by atoms with E-state index < -0.39 is 6.10 Å². The maximum absolute atomic E-state index is 12.8. The Kier molecular flexibility index (Phi) is 5.44. The molecule has 3 nitrogen and oxygen atoms in total. The summed E-state index contributed by atoms with van der Waals surface area (Å²) in [5, 5.41) is 12.4. The number of amides is 1. The van der Waals surface area contributed by atoms with Crippen LogP contribution in [0.25, 0.3) is 6.08 Å². The van der Waals surface area contributed by atoms with E-state index in [0.29, 0.717) is 11.3 Å². The fourth-order valence-electron chi connectivity index (χ4n) is 2.05. The van der Waals surface area contributed by atoms with Crippen molar-refractivity contribution >= 4 is 17.7 Å². The first-order valence-electron chi connectivity index (χ1n) is 7.05. The number of para-hydroxylation sites is 1. The van der Waals surface area contributed by atoms with Crippen LogP contribution in [0, 0.1) is 5.82 Å². The Labute approximate surface area is 129 Å². The fraction of sp³-hybridized carbons (Fsp3) is 0.167. The second kappa shape index (κ2) is 7.52. The van der Waals surface area contributed by atoms with Crippen molar-refractivity contribution in [2.75, 3.05) is 5.32 Å². The quantitative estimate of drug-likeness (QED) is 0.879. The maximum atomic E-state index is 12.8. The van der Waals surface area contributed by atoms with Crippen molar-refractivity contribution in [1.29, 1.82) is 0 Å². The molecule has 0 aliphatic heterocycles. The Morgan fingerprint density at radius 1 is 1.23 bits per heavy atom. The number of carbonyl (C=O) groups excluding carboxylic acids is 1. The number of hydrogen-bond donors (Lipinski definition) is 2. The van der Waals surface area contributed by atoms with Crippen LogP contribution in [0.5, 0.6) is 0 Å². The lowest BCUT2D eigenvalue weighted by molar-refractivity contribution is -0.115. The zero-order chi connectivity index (χ0) is 15.9. The van der Waals surface area contributed by atoms with Gasteiger partial charge in [0.15, 0.2) is 0 Å². The van der Waals surface area contributed by atoms with Gasteiger partial charge in [-0.15, -0.1) is 0 Å². The average molecular weight is 299 g/mol. The Morgan fingerprint density at radius 2 is 1.91 bits per heavy atom. The molecule has 2 aromatic rings. The molecule has 1 atom stereocenters. The van der Waals surface area contributed by atoms with Crippen LogP contribution in [0.2, 0.25) is 0 Å². The lowest BCUT2D eigenvalue weighted by Crippen LogP contribution is -2.12. The summed E-state index contributed by atoms with van der Waals surface area (Å²) in [4.78, 5) is 11.9. The average Bonchev–Trinajstić information content (AvgIpc) is 2.49. The van der Waals surface area contributed by atoms with Crippen molar-refractivity contribution in [1.82, 2.24) is 0 Å². The number of anilines is 1. The zero-order valence-electron chi connectivity index (χ0n) is 12.3. The van der Waals surface area contributed by atoms with E-state index in [9.17, 15) is 14.3 Å². The van der Waals surface area contributed by atoms with E-state index in [4.69, 9.17) is 0 Å². The van der Waals surface area contributed by atoms with Crippen molar-refractivity contribution < 1.29 is 14.3 Å². The first-order chi connectivity index (χ1) is 10.6. The zero-order valence-corrected chi connectivity index (χ0v) is 12.3. The molecule has 1 amide bonds. The van der Waals surface area contributed by atoms with Crippen LogP contribution >= 0.6 is 0 Å². The molecule has 0 aliphatic rings. The lowest BCUT2D eigenvalue weighted by atomic mass is 10.1. The van der Waals surface area contributed by atoms with Crippen LogP contribution in [-0.4, -0.2) is 11.0 Å². The van der Waals surface area contributed by atoms with E-state index in [0.717, 1.165) is 5.56 Å². The van der Waals surface area contributed by atoms with Crippen molar-refractivity contribution in [2.45, 2.75) is 19.4 Å².